The molecular formula is C8H14N4S. The van der Waals surface area contributed by atoms with Crippen LogP contribution in [0.4, 0.5) is 5.00 Å². The second-order valence-corrected chi connectivity index (χ2v) is 4.09. The SMILES string of the molecule is c1nnsc1NC1CCCNCC1. The Morgan fingerprint density at radius 2 is 2.46 bits per heavy atom. The van der Waals surface area contributed by atoms with E-state index in [0.717, 1.165) is 18.1 Å². The Kier molecular flexibility index (Phi) is 3.10. The third-order valence-corrected chi connectivity index (χ3v) is 2.88. The zero-order valence-corrected chi connectivity index (χ0v) is 8.31. The lowest BCUT2D eigenvalue weighted by Crippen LogP contribution is -2.20. The highest BCUT2D eigenvalue weighted by atomic mass is 32.1. The van der Waals surface area contributed by atoms with Gasteiger partial charge in [0.2, 0.25) is 0 Å². The predicted molar refractivity (Wildman–Crippen MR) is 54.0 cm³/mol. The van der Waals surface area contributed by atoms with E-state index in [1.807, 2.05) is 0 Å². The first-order valence-electron chi connectivity index (χ1n) is 4.70. The fourth-order valence-corrected chi connectivity index (χ4v) is 2.09. The summed E-state index contributed by atoms with van der Waals surface area (Å²) < 4.78 is 3.82. The Hall–Kier alpha value is -0.680. The lowest BCUT2D eigenvalue weighted by Gasteiger charge is -2.14. The fourth-order valence-electron chi connectivity index (χ4n) is 1.60. The summed E-state index contributed by atoms with van der Waals surface area (Å²) in [6, 6.07) is 0.595. The smallest absolute Gasteiger partial charge is 0.130 e. The average molecular weight is 198 g/mol. The van der Waals surface area contributed by atoms with Crippen molar-refractivity contribution in [1.29, 1.82) is 0 Å². The number of hydrogen-bond acceptors (Lipinski definition) is 5. The molecular weight excluding hydrogens is 184 g/mol. The van der Waals surface area contributed by atoms with Crippen molar-refractivity contribution in [3.8, 4) is 0 Å². The van der Waals surface area contributed by atoms with Crippen molar-refractivity contribution in [2.24, 2.45) is 0 Å². The van der Waals surface area contributed by atoms with Crippen molar-refractivity contribution in [1.82, 2.24) is 14.9 Å². The molecule has 2 rings (SSSR count). The summed E-state index contributed by atoms with van der Waals surface area (Å²) in [5.41, 5.74) is 0. The van der Waals surface area contributed by atoms with Crippen LogP contribution < -0.4 is 10.6 Å². The van der Waals surface area contributed by atoms with Gasteiger partial charge in [0.25, 0.3) is 0 Å². The summed E-state index contributed by atoms with van der Waals surface area (Å²) in [6.07, 6.45) is 5.48. The van der Waals surface area contributed by atoms with E-state index in [-0.39, 0.29) is 0 Å². The molecule has 5 heteroatoms. The van der Waals surface area contributed by atoms with Crippen LogP contribution in [0.5, 0.6) is 0 Å². The molecule has 0 saturated carbocycles. The molecule has 13 heavy (non-hydrogen) atoms. The quantitative estimate of drug-likeness (QED) is 0.747. The van der Waals surface area contributed by atoms with Crippen LogP contribution in [-0.2, 0) is 0 Å². The molecule has 1 aromatic heterocycles. The minimum Gasteiger partial charge on any atom is -0.372 e. The van der Waals surface area contributed by atoms with Gasteiger partial charge in [0.05, 0.1) is 6.20 Å². The number of anilines is 1. The Labute approximate surface area is 81.9 Å². The van der Waals surface area contributed by atoms with Gasteiger partial charge in [-0.05, 0) is 32.4 Å². The first-order chi connectivity index (χ1) is 6.45. The molecule has 2 N–H and O–H groups in total. The molecule has 0 aromatic carbocycles. The molecule has 1 aliphatic rings. The molecule has 1 fully saturated rings. The third kappa shape index (κ3) is 2.63. The normalized spacial score (nSPS) is 23.8. The second kappa shape index (κ2) is 4.53. The van der Waals surface area contributed by atoms with Crippen molar-refractivity contribution in [3.05, 3.63) is 6.20 Å². The maximum atomic E-state index is 3.82. The summed E-state index contributed by atoms with van der Waals surface area (Å²) in [5, 5.41) is 11.7. The van der Waals surface area contributed by atoms with E-state index < -0.39 is 0 Å². The van der Waals surface area contributed by atoms with Crippen LogP contribution in [0, 0.1) is 0 Å². The Morgan fingerprint density at radius 3 is 3.31 bits per heavy atom. The minimum absolute atomic E-state index is 0.595. The predicted octanol–water partition coefficient (Wildman–Crippen LogP) is 1.09. The summed E-state index contributed by atoms with van der Waals surface area (Å²) in [4.78, 5) is 0. The molecule has 1 saturated heterocycles. The molecule has 1 atom stereocenters. The highest BCUT2D eigenvalue weighted by molar-refractivity contribution is 7.09. The van der Waals surface area contributed by atoms with Crippen LogP contribution in [0.2, 0.25) is 0 Å². The maximum Gasteiger partial charge on any atom is 0.130 e. The first kappa shape index (κ1) is 8.90. The van der Waals surface area contributed by atoms with Crippen molar-refractivity contribution >= 4 is 16.5 Å². The van der Waals surface area contributed by atoms with E-state index >= 15 is 0 Å². The van der Waals surface area contributed by atoms with Gasteiger partial charge in [-0.15, -0.1) is 5.10 Å². The largest absolute Gasteiger partial charge is 0.372 e. The minimum atomic E-state index is 0.595. The molecule has 0 amide bonds. The molecule has 2 heterocycles. The van der Waals surface area contributed by atoms with Crippen molar-refractivity contribution in [3.63, 3.8) is 0 Å². The molecule has 1 unspecified atom stereocenters. The number of hydrogen-bond donors (Lipinski definition) is 2. The van der Waals surface area contributed by atoms with Crippen LogP contribution in [0.15, 0.2) is 6.20 Å². The highest BCUT2D eigenvalue weighted by Crippen LogP contribution is 2.15. The molecule has 0 spiro atoms. The van der Waals surface area contributed by atoms with E-state index in [4.69, 9.17) is 0 Å². The Balaban J connectivity index is 1.86. The van der Waals surface area contributed by atoms with Crippen LogP contribution >= 0.6 is 11.5 Å². The topological polar surface area (TPSA) is 49.8 Å². The van der Waals surface area contributed by atoms with Gasteiger partial charge in [0, 0.05) is 17.6 Å². The third-order valence-electron chi connectivity index (χ3n) is 2.28. The van der Waals surface area contributed by atoms with Gasteiger partial charge >= 0.3 is 0 Å². The molecule has 0 aliphatic carbocycles. The first-order valence-corrected chi connectivity index (χ1v) is 5.47. The molecule has 0 bridgehead atoms. The zero-order chi connectivity index (χ0) is 8.93. The summed E-state index contributed by atoms with van der Waals surface area (Å²) >= 11 is 1.43. The maximum absolute atomic E-state index is 3.82. The van der Waals surface area contributed by atoms with E-state index in [9.17, 15) is 0 Å². The Morgan fingerprint density at radius 1 is 1.46 bits per heavy atom. The molecule has 72 valence electrons. The summed E-state index contributed by atoms with van der Waals surface area (Å²) in [7, 11) is 0. The fraction of sp³-hybridized carbons (Fsp3) is 0.750. The standard InChI is InChI=1S/C8H14N4S/c1-2-7(3-5-9-4-1)11-8-6-10-12-13-8/h6-7,9,11H,1-5H2. The molecule has 1 aliphatic heterocycles. The van der Waals surface area contributed by atoms with Gasteiger partial charge in [-0.1, -0.05) is 4.49 Å². The van der Waals surface area contributed by atoms with Gasteiger partial charge in [0.15, 0.2) is 0 Å². The summed E-state index contributed by atoms with van der Waals surface area (Å²) in [5.74, 6) is 0. The van der Waals surface area contributed by atoms with Crippen LogP contribution in [0.1, 0.15) is 19.3 Å². The number of aromatic nitrogens is 2. The van der Waals surface area contributed by atoms with Gasteiger partial charge in [-0.3, -0.25) is 0 Å². The van der Waals surface area contributed by atoms with Crippen LogP contribution in [0.25, 0.3) is 0 Å². The molecule has 0 radical (unpaired) electrons. The van der Waals surface area contributed by atoms with Gasteiger partial charge in [-0.25, -0.2) is 0 Å². The van der Waals surface area contributed by atoms with Crippen molar-refractivity contribution in [2.75, 3.05) is 18.4 Å². The zero-order valence-electron chi connectivity index (χ0n) is 7.49. The number of nitrogens with zero attached hydrogens (tertiary/aromatic N) is 2. The van der Waals surface area contributed by atoms with E-state index in [1.54, 1.807) is 6.20 Å². The van der Waals surface area contributed by atoms with Gasteiger partial charge in [-0.2, -0.15) is 0 Å². The lowest BCUT2D eigenvalue weighted by atomic mass is 10.1. The van der Waals surface area contributed by atoms with Gasteiger partial charge < -0.3 is 10.6 Å². The average Bonchev–Trinajstić information content (AvgIpc) is 2.49. The van der Waals surface area contributed by atoms with E-state index in [1.165, 1.54) is 30.8 Å². The number of nitrogens with one attached hydrogen (secondary N) is 2. The van der Waals surface area contributed by atoms with Gasteiger partial charge in [0.1, 0.15) is 5.00 Å². The van der Waals surface area contributed by atoms with Crippen LogP contribution in [-0.4, -0.2) is 28.7 Å². The summed E-state index contributed by atoms with van der Waals surface area (Å²) in [6.45, 7) is 2.27. The monoisotopic (exact) mass is 198 g/mol. The van der Waals surface area contributed by atoms with E-state index in [0.29, 0.717) is 6.04 Å². The van der Waals surface area contributed by atoms with Crippen LogP contribution in [0.3, 0.4) is 0 Å². The second-order valence-electron chi connectivity index (χ2n) is 3.30. The number of rotatable bonds is 2. The lowest BCUT2D eigenvalue weighted by molar-refractivity contribution is 0.639. The van der Waals surface area contributed by atoms with Crippen molar-refractivity contribution < 1.29 is 0 Å². The molecule has 1 aromatic rings. The van der Waals surface area contributed by atoms with E-state index in [2.05, 4.69) is 20.2 Å². The Bertz CT molecular complexity index is 228. The molecule has 4 nitrogen and oxygen atoms in total. The van der Waals surface area contributed by atoms with Crippen molar-refractivity contribution in [2.45, 2.75) is 25.3 Å². The highest BCUT2D eigenvalue weighted by Gasteiger charge is 2.11.